The highest BCUT2D eigenvalue weighted by Crippen LogP contribution is 2.30. The first-order chi connectivity index (χ1) is 4.52. The highest BCUT2D eigenvalue weighted by atomic mass is 32.1. The lowest BCUT2D eigenvalue weighted by Crippen LogP contribution is -2.10. The van der Waals surface area contributed by atoms with Gasteiger partial charge in [-0.25, -0.2) is 0 Å². The van der Waals surface area contributed by atoms with Gasteiger partial charge in [0, 0.05) is 0 Å². The van der Waals surface area contributed by atoms with Crippen LogP contribution in [0.15, 0.2) is 6.20 Å². The number of nitrogens with zero attached hydrogens (tertiary/aromatic N) is 1. The van der Waals surface area contributed by atoms with Crippen LogP contribution in [0, 0.1) is 0 Å². The first-order valence-electron chi connectivity index (χ1n) is 3.22. The van der Waals surface area contributed by atoms with Gasteiger partial charge in [0.2, 0.25) is 0 Å². The van der Waals surface area contributed by atoms with Gasteiger partial charge in [0.1, 0.15) is 0 Å². The van der Waals surface area contributed by atoms with Crippen molar-refractivity contribution in [3.05, 3.63) is 11.1 Å². The van der Waals surface area contributed by atoms with Crippen LogP contribution in [0.1, 0.15) is 25.6 Å². The average molecular weight is 156 g/mol. The Morgan fingerprint density at radius 1 is 1.50 bits per heavy atom. The molecule has 0 unspecified atom stereocenters. The Hall–Kier alpha value is -0.570. The summed E-state index contributed by atoms with van der Waals surface area (Å²) in [5, 5.41) is 0. The van der Waals surface area contributed by atoms with Crippen LogP contribution in [0.4, 0.5) is 5.69 Å². The van der Waals surface area contributed by atoms with Gasteiger partial charge in [-0.1, -0.05) is 20.8 Å². The third-order valence-corrected chi connectivity index (χ3v) is 2.52. The van der Waals surface area contributed by atoms with Crippen molar-refractivity contribution in [3.63, 3.8) is 0 Å². The molecule has 1 rings (SSSR count). The van der Waals surface area contributed by atoms with E-state index in [1.807, 2.05) is 0 Å². The standard InChI is InChI=1S/C7H12N2S/c1-7(2,3)6-5(8)4-9-10-6/h4H,8H2,1-3H3. The summed E-state index contributed by atoms with van der Waals surface area (Å²) in [5.41, 5.74) is 6.64. The molecule has 0 aliphatic heterocycles. The molecule has 0 atom stereocenters. The van der Waals surface area contributed by atoms with E-state index in [1.165, 1.54) is 16.4 Å². The van der Waals surface area contributed by atoms with Crippen LogP contribution in [0.25, 0.3) is 0 Å². The first-order valence-corrected chi connectivity index (χ1v) is 4.00. The van der Waals surface area contributed by atoms with Gasteiger partial charge in [-0.2, -0.15) is 4.37 Å². The molecule has 0 fully saturated rings. The predicted octanol–water partition coefficient (Wildman–Crippen LogP) is 2.02. The molecule has 0 saturated heterocycles. The Bertz CT molecular complexity index is 222. The van der Waals surface area contributed by atoms with E-state index in [0.717, 1.165) is 5.69 Å². The molecule has 0 bridgehead atoms. The molecule has 56 valence electrons. The molecule has 0 aliphatic carbocycles. The number of hydrogen-bond donors (Lipinski definition) is 1. The smallest absolute Gasteiger partial charge is 0.0665 e. The summed E-state index contributed by atoms with van der Waals surface area (Å²) < 4.78 is 4.00. The van der Waals surface area contributed by atoms with Crippen molar-refractivity contribution in [2.24, 2.45) is 0 Å². The van der Waals surface area contributed by atoms with E-state index in [0.29, 0.717) is 0 Å². The highest BCUT2D eigenvalue weighted by Gasteiger charge is 2.18. The fraction of sp³-hybridized carbons (Fsp3) is 0.571. The SMILES string of the molecule is CC(C)(C)c1sncc1N. The number of nitrogens with two attached hydrogens (primary N) is 1. The zero-order valence-corrected chi connectivity index (χ0v) is 7.33. The van der Waals surface area contributed by atoms with Gasteiger partial charge in [0.25, 0.3) is 0 Å². The van der Waals surface area contributed by atoms with Crippen LogP contribution >= 0.6 is 11.5 Å². The van der Waals surface area contributed by atoms with Crippen molar-refractivity contribution >= 4 is 17.2 Å². The molecule has 2 nitrogen and oxygen atoms in total. The summed E-state index contributed by atoms with van der Waals surface area (Å²) in [6.45, 7) is 6.41. The minimum absolute atomic E-state index is 0.144. The average Bonchev–Trinajstić information content (AvgIpc) is 2.11. The number of rotatable bonds is 0. The molecule has 1 aromatic heterocycles. The molecule has 0 aliphatic rings. The van der Waals surface area contributed by atoms with E-state index in [9.17, 15) is 0 Å². The van der Waals surface area contributed by atoms with E-state index in [1.54, 1.807) is 6.20 Å². The number of anilines is 1. The fourth-order valence-corrected chi connectivity index (χ4v) is 1.52. The zero-order valence-electron chi connectivity index (χ0n) is 6.51. The van der Waals surface area contributed by atoms with Gasteiger partial charge in [-0.05, 0) is 16.9 Å². The minimum atomic E-state index is 0.144. The predicted molar refractivity (Wildman–Crippen MR) is 45.2 cm³/mol. The maximum atomic E-state index is 5.67. The Kier molecular flexibility index (Phi) is 1.68. The van der Waals surface area contributed by atoms with Gasteiger partial charge >= 0.3 is 0 Å². The van der Waals surface area contributed by atoms with E-state index < -0.39 is 0 Å². The van der Waals surface area contributed by atoms with Crippen LogP contribution in [0.5, 0.6) is 0 Å². The van der Waals surface area contributed by atoms with Crippen LogP contribution in [-0.2, 0) is 5.41 Å². The quantitative estimate of drug-likeness (QED) is 0.624. The summed E-state index contributed by atoms with van der Waals surface area (Å²) >= 11 is 1.48. The second-order valence-corrected chi connectivity index (χ2v) is 4.16. The van der Waals surface area contributed by atoms with Crippen molar-refractivity contribution in [2.75, 3.05) is 5.73 Å². The second-order valence-electron chi connectivity index (χ2n) is 3.36. The summed E-state index contributed by atoms with van der Waals surface area (Å²) in [7, 11) is 0. The maximum Gasteiger partial charge on any atom is 0.0665 e. The van der Waals surface area contributed by atoms with Crippen LogP contribution < -0.4 is 5.73 Å². The Balaban J connectivity index is 3.05. The van der Waals surface area contributed by atoms with Crippen LogP contribution in [-0.4, -0.2) is 4.37 Å². The largest absolute Gasteiger partial charge is 0.397 e. The molecule has 10 heavy (non-hydrogen) atoms. The number of hydrogen-bond acceptors (Lipinski definition) is 3. The van der Waals surface area contributed by atoms with Crippen LogP contribution in [0.2, 0.25) is 0 Å². The summed E-state index contributed by atoms with van der Waals surface area (Å²) in [5.74, 6) is 0. The zero-order chi connectivity index (χ0) is 7.78. The van der Waals surface area contributed by atoms with E-state index in [2.05, 4.69) is 25.1 Å². The number of aromatic nitrogens is 1. The first kappa shape index (κ1) is 7.54. The molecule has 0 radical (unpaired) electrons. The molecule has 0 saturated carbocycles. The number of nitrogen functional groups attached to an aromatic ring is 1. The van der Waals surface area contributed by atoms with Gasteiger partial charge in [0.05, 0.1) is 16.8 Å². The Labute approximate surface area is 65.2 Å². The third kappa shape index (κ3) is 1.29. The lowest BCUT2D eigenvalue weighted by atomic mass is 9.94. The lowest BCUT2D eigenvalue weighted by Gasteiger charge is -2.15. The molecule has 1 aromatic rings. The second kappa shape index (κ2) is 2.23. The van der Waals surface area contributed by atoms with Crippen molar-refractivity contribution in [1.82, 2.24) is 4.37 Å². The monoisotopic (exact) mass is 156 g/mol. The van der Waals surface area contributed by atoms with Crippen molar-refractivity contribution in [3.8, 4) is 0 Å². The molecule has 3 heteroatoms. The van der Waals surface area contributed by atoms with Gasteiger partial charge in [-0.3, -0.25) is 0 Å². The van der Waals surface area contributed by atoms with Gasteiger partial charge in [0.15, 0.2) is 0 Å². The summed E-state index contributed by atoms with van der Waals surface area (Å²) in [6.07, 6.45) is 1.71. The maximum absolute atomic E-state index is 5.67. The van der Waals surface area contributed by atoms with E-state index in [-0.39, 0.29) is 5.41 Å². The minimum Gasteiger partial charge on any atom is -0.397 e. The summed E-state index contributed by atoms with van der Waals surface area (Å²) in [6, 6.07) is 0. The molecular formula is C7H12N2S. The van der Waals surface area contributed by atoms with Crippen molar-refractivity contribution in [2.45, 2.75) is 26.2 Å². The normalized spacial score (nSPS) is 11.9. The van der Waals surface area contributed by atoms with Gasteiger partial charge < -0.3 is 5.73 Å². The Morgan fingerprint density at radius 3 is 2.30 bits per heavy atom. The third-order valence-electron chi connectivity index (χ3n) is 1.28. The topological polar surface area (TPSA) is 38.9 Å². The van der Waals surface area contributed by atoms with Crippen molar-refractivity contribution < 1.29 is 0 Å². The molecular weight excluding hydrogens is 144 g/mol. The summed E-state index contributed by atoms with van der Waals surface area (Å²) in [4.78, 5) is 1.17. The molecule has 0 spiro atoms. The lowest BCUT2D eigenvalue weighted by molar-refractivity contribution is 0.606. The van der Waals surface area contributed by atoms with E-state index >= 15 is 0 Å². The molecule has 0 aromatic carbocycles. The van der Waals surface area contributed by atoms with Crippen LogP contribution in [0.3, 0.4) is 0 Å². The van der Waals surface area contributed by atoms with Crippen molar-refractivity contribution in [1.29, 1.82) is 0 Å². The fourth-order valence-electron chi connectivity index (χ4n) is 0.817. The molecule has 0 amide bonds. The van der Waals surface area contributed by atoms with E-state index in [4.69, 9.17) is 5.73 Å². The Morgan fingerprint density at radius 2 is 2.10 bits per heavy atom. The highest BCUT2D eigenvalue weighted by molar-refractivity contribution is 7.06. The molecule has 1 heterocycles. The van der Waals surface area contributed by atoms with Gasteiger partial charge in [-0.15, -0.1) is 0 Å². The molecule has 2 N–H and O–H groups in total.